The summed E-state index contributed by atoms with van der Waals surface area (Å²) in [6.07, 6.45) is -3.04. The van der Waals surface area contributed by atoms with Crippen LogP contribution in [0.15, 0.2) is 6.33 Å². The number of nitrogens with zero attached hydrogens (tertiary/aromatic N) is 3. The number of aromatic amines is 1. The van der Waals surface area contributed by atoms with Crippen molar-refractivity contribution < 1.29 is 20.1 Å². The molecule has 1 aliphatic heterocycles. The summed E-state index contributed by atoms with van der Waals surface area (Å²) in [6, 6.07) is 0. The third kappa shape index (κ3) is 1.81. The summed E-state index contributed by atoms with van der Waals surface area (Å²) in [5, 5.41) is 28.9. The molecule has 108 valence electrons. The molecule has 0 spiro atoms. The number of imidazole rings is 1. The van der Waals surface area contributed by atoms with Crippen molar-refractivity contribution >= 4 is 29.2 Å². The van der Waals surface area contributed by atoms with Gasteiger partial charge in [0.25, 0.3) is 0 Å². The predicted molar refractivity (Wildman–Crippen MR) is 70.1 cm³/mol. The fraction of sp³-hybridized carbons (Fsp3) is 0.500. The van der Waals surface area contributed by atoms with Gasteiger partial charge in [-0.2, -0.15) is 0 Å². The van der Waals surface area contributed by atoms with Crippen LogP contribution in [-0.4, -0.2) is 59.8 Å². The van der Waals surface area contributed by atoms with Crippen LogP contribution < -0.4 is 5.73 Å². The van der Waals surface area contributed by atoms with Gasteiger partial charge in [-0.05, 0) is 12.2 Å². The van der Waals surface area contributed by atoms with Crippen molar-refractivity contribution in [2.24, 2.45) is 0 Å². The summed E-state index contributed by atoms with van der Waals surface area (Å²) in [5.41, 5.74) is 6.50. The Kier molecular flexibility index (Phi) is 3.18. The lowest BCUT2D eigenvalue weighted by atomic mass is 10.1. The molecular weight excluding hydrogens is 286 g/mol. The first-order valence-electron chi connectivity index (χ1n) is 5.87. The van der Waals surface area contributed by atoms with E-state index in [1.54, 1.807) is 0 Å². The molecule has 0 aromatic carbocycles. The maximum Gasteiger partial charge on any atom is 0.181 e. The highest BCUT2D eigenvalue weighted by atomic mass is 32.1. The second-order valence-corrected chi connectivity index (χ2v) is 4.87. The van der Waals surface area contributed by atoms with E-state index in [-0.39, 0.29) is 10.6 Å². The summed E-state index contributed by atoms with van der Waals surface area (Å²) in [4.78, 5) is 10.7. The molecule has 1 fully saturated rings. The van der Waals surface area contributed by atoms with Crippen LogP contribution in [-0.2, 0) is 4.74 Å². The Morgan fingerprint density at radius 3 is 2.80 bits per heavy atom. The van der Waals surface area contributed by atoms with Crippen LogP contribution in [0.3, 0.4) is 0 Å². The number of hydrogen-bond donors (Lipinski definition) is 5. The predicted octanol–water partition coefficient (Wildman–Crippen LogP) is -1.32. The number of fused-ring (bicyclic) bond motifs is 1. The summed E-state index contributed by atoms with van der Waals surface area (Å²) >= 11 is 5.16. The van der Waals surface area contributed by atoms with Crippen molar-refractivity contribution in [3.63, 3.8) is 0 Å². The molecule has 20 heavy (non-hydrogen) atoms. The Morgan fingerprint density at radius 1 is 1.40 bits per heavy atom. The molecule has 1 aliphatic rings. The number of ether oxygens (including phenoxy) is 1. The zero-order chi connectivity index (χ0) is 14.4. The summed E-state index contributed by atoms with van der Waals surface area (Å²) in [6.45, 7) is -0.415. The van der Waals surface area contributed by atoms with Crippen molar-refractivity contribution in [2.45, 2.75) is 24.5 Å². The van der Waals surface area contributed by atoms with Crippen molar-refractivity contribution in [1.82, 2.24) is 19.5 Å². The first-order chi connectivity index (χ1) is 9.54. The summed E-state index contributed by atoms with van der Waals surface area (Å²) in [5.74, 6) is 0.214. The van der Waals surface area contributed by atoms with Crippen LogP contribution in [0.4, 0.5) is 5.82 Å². The molecule has 2 aromatic heterocycles. The highest BCUT2D eigenvalue weighted by molar-refractivity contribution is 7.71. The van der Waals surface area contributed by atoms with Gasteiger partial charge in [0.2, 0.25) is 0 Å². The molecule has 2 aromatic rings. The van der Waals surface area contributed by atoms with Gasteiger partial charge in [-0.3, -0.25) is 4.57 Å². The molecule has 4 atom stereocenters. The fourth-order valence-corrected chi connectivity index (χ4v) is 2.58. The Bertz CT molecular complexity index is 701. The second-order valence-electron chi connectivity index (χ2n) is 4.49. The molecular formula is C10H13N5O4S. The zero-order valence-electron chi connectivity index (χ0n) is 10.2. The molecule has 3 rings (SSSR count). The molecule has 0 saturated carbocycles. The van der Waals surface area contributed by atoms with E-state index in [2.05, 4.69) is 15.0 Å². The quantitative estimate of drug-likeness (QED) is 0.430. The van der Waals surface area contributed by atoms with E-state index < -0.39 is 31.1 Å². The lowest BCUT2D eigenvalue weighted by Gasteiger charge is -2.16. The molecule has 0 bridgehead atoms. The minimum absolute atomic E-state index is 0.214. The highest BCUT2D eigenvalue weighted by Gasteiger charge is 2.44. The fourth-order valence-electron chi connectivity index (χ4n) is 2.28. The third-order valence-corrected chi connectivity index (χ3v) is 3.61. The van der Waals surface area contributed by atoms with Gasteiger partial charge in [0.05, 0.1) is 6.61 Å². The number of aromatic nitrogens is 4. The van der Waals surface area contributed by atoms with E-state index in [0.29, 0.717) is 11.2 Å². The maximum absolute atomic E-state index is 10.0. The van der Waals surface area contributed by atoms with E-state index >= 15 is 0 Å². The zero-order valence-corrected chi connectivity index (χ0v) is 11.0. The number of nitrogens with one attached hydrogen (secondary N) is 1. The highest BCUT2D eigenvalue weighted by Crippen LogP contribution is 2.32. The SMILES string of the molecule is Nc1ncnc2c1[nH]c(=S)n2[C@H]1O[C@@H](CO)[C@@H](O)C1O. The third-order valence-electron chi connectivity index (χ3n) is 3.31. The molecule has 0 radical (unpaired) electrons. The van der Waals surface area contributed by atoms with Gasteiger partial charge in [-0.1, -0.05) is 0 Å². The molecule has 10 heteroatoms. The number of rotatable bonds is 2. The standard InChI is InChI=1S/C10H13N5O4S/c11-7-4-8(13-2-12-7)15(10(20)14-4)9-6(18)5(17)3(1-16)19-9/h2-3,5-6,9,16-18H,1H2,(H,14,20)(H2,11,12,13)/t3-,5+,6?,9-/m0/s1. The van der Waals surface area contributed by atoms with Crippen molar-refractivity contribution in [3.05, 3.63) is 11.1 Å². The van der Waals surface area contributed by atoms with Gasteiger partial charge in [0, 0.05) is 0 Å². The Hall–Kier alpha value is -1.59. The molecule has 1 saturated heterocycles. The van der Waals surface area contributed by atoms with Crippen molar-refractivity contribution in [2.75, 3.05) is 12.3 Å². The van der Waals surface area contributed by atoms with Crippen LogP contribution in [0.1, 0.15) is 6.23 Å². The number of nitrogens with two attached hydrogens (primary N) is 1. The number of anilines is 1. The normalized spacial score (nSPS) is 30.1. The van der Waals surface area contributed by atoms with Gasteiger partial charge >= 0.3 is 0 Å². The van der Waals surface area contributed by atoms with E-state index in [0.717, 1.165) is 0 Å². The van der Waals surface area contributed by atoms with Gasteiger partial charge in [-0.25, -0.2) is 9.97 Å². The number of hydrogen-bond acceptors (Lipinski definition) is 8. The van der Waals surface area contributed by atoms with Crippen LogP contribution in [0.5, 0.6) is 0 Å². The number of aliphatic hydroxyl groups excluding tert-OH is 3. The van der Waals surface area contributed by atoms with Crippen LogP contribution in [0.2, 0.25) is 0 Å². The monoisotopic (exact) mass is 299 g/mol. The van der Waals surface area contributed by atoms with E-state index in [1.807, 2.05) is 0 Å². The average Bonchev–Trinajstić information content (AvgIpc) is 2.90. The second kappa shape index (κ2) is 4.75. The summed E-state index contributed by atoms with van der Waals surface area (Å²) in [7, 11) is 0. The first kappa shape index (κ1) is 13.4. The van der Waals surface area contributed by atoms with E-state index in [9.17, 15) is 10.2 Å². The van der Waals surface area contributed by atoms with Gasteiger partial charge in [0.1, 0.15) is 30.2 Å². The lowest BCUT2D eigenvalue weighted by Crippen LogP contribution is -2.33. The number of nitrogen functional groups attached to an aromatic ring is 1. The van der Waals surface area contributed by atoms with E-state index in [4.69, 9.17) is 27.8 Å². The minimum atomic E-state index is -1.24. The van der Waals surface area contributed by atoms with Gasteiger partial charge in [0.15, 0.2) is 22.5 Å². The molecule has 0 amide bonds. The minimum Gasteiger partial charge on any atom is -0.394 e. The lowest BCUT2D eigenvalue weighted by molar-refractivity contribution is -0.0517. The largest absolute Gasteiger partial charge is 0.394 e. The molecule has 1 unspecified atom stereocenters. The van der Waals surface area contributed by atoms with Gasteiger partial charge in [-0.15, -0.1) is 0 Å². The molecule has 9 nitrogen and oxygen atoms in total. The van der Waals surface area contributed by atoms with Crippen LogP contribution in [0, 0.1) is 4.77 Å². The molecule has 6 N–H and O–H groups in total. The first-order valence-corrected chi connectivity index (χ1v) is 6.28. The van der Waals surface area contributed by atoms with Crippen molar-refractivity contribution in [3.8, 4) is 0 Å². The Labute approximate surface area is 117 Å². The Morgan fingerprint density at radius 2 is 2.15 bits per heavy atom. The molecule has 3 heterocycles. The smallest absolute Gasteiger partial charge is 0.181 e. The van der Waals surface area contributed by atoms with Crippen molar-refractivity contribution in [1.29, 1.82) is 0 Å². The number of aliphatic hydroxyl groups is 3. The van der Waals surface area contributed by atoms with Crippen LogP contribution in [0.25, 0.3) is 11.2 Å². The Balaban J connectivity index is 2.14. The summed E-state index contributed by atoms with van der Waals surface area (Å²) < 4.78 is 7.07. The van der Waals surface area contributed by atoms with Crippen LogP contribution >= 0.6 is 12.2 Å². The topological polar surface area (TPSA) is 142 Å². The number of H-pyrrole nitrogens is 1. The van der Waals surface area contributed by atoms with E-state index in [1.165, 1.54) is 10.9 Å². The van der Waals surface area contributed by atoms with Gasteiger partial charge < -0.3 is 30.8 Å². The average molecular weight is 299 g/mol. The molecule has 0 aliphatic carbocycles. The maximum atomic E-state index is 10.0.